The highest BCUT2D eigenvalue weighted by molar-refractivity contribution is 6.12. The number of Topliss-reactive ketones (excluding diaryl/α,β-unsaturated/α-hetero) is 1. The molecule has 188 valence electrons. The van der Waals surface area contributed by atoms with Crippen molar-refractivity contribution >= 4 is 17.8 Å². The predicted molar refractivity (Wildman–Crippen MR) is 135 cm³/mol. The fraction of sp³-hybridized carbons (Fsp3) is 0.172. The molecule has 2 aliphatic rings. The molecule has 1 atom stereocenters. The monoisotopic (exact) mass is 500 g/mol. The Kier molecular flexibility index (Phi) is 6.31. The molecule has 0 N–H and O–H groups in total. The Morgan fingerprint density at radius 3 is 2.35 bits per heavy atom. The number of methoxy groups -OCH3 is 3. The topological polar surface area (TPSA) is 89.5 Å². The molecular formula is C29H24O8. The molecule has 0 aliphatic carbocycles. The highest BCUT2D eigenvalue weighted by Gasteiger charge is 2.30. The van der Waals surface area contributed by atoms with Gasteiger partial charge >= 0.3 is 5.97 Å². The Morgan fingerprint density at radius 1 is 0.919 bits per heavy atom. The van der Waals surface area contributed by atoms with Gasteiger partial charge in [-0.25, -0.2) is 4.79 Å². The van der Waals surface area contributed by atoms with Crippen molar-refractivity contribution in [2.75, 3.05) is 21.3 Å². The molecule has 3 aromatic rings. The Morgan fingerprint density at radius 2 is 1.65 bits per heavy atom. The molecule has 2 heterocycles. The van der Waals surface area contributed by atoms with Crippen molar-refractivity contribution in [3.05, 3.63) is 88.7 Å². The number of hydrogen-bond donors (Lipinski definition) is 0. The minimum atomic E-state index is -0.642. The van der Waals surface area contributed by atoms with Gasteiger partial charge in [-0.1, -0.05) is 18.2 Å². The predicted octanol–water partition coefficient (Wildman–Crippen LogP) is 5.26. The Bertz CT molecular complexity index is 1440. The van der Waals surface area contributed by atoms with Crippen LogP contribution in [-0.2, 0) is 0 Å². The van der Waals surface area contributed by atoms with Gasteiger partial charge in [0.2, 0.25) is 11.5 Å². The van der Waals surface area contributed by atoms with Crippen molar-refractivity contribution in [2.24, 2.45) is 0 Å². The summed E-state index contributed by atoms with van der Waals surface area (Å²) in [7, 11) is 4.40. The van der Waals surface area contributed by atoms with Crippen LogP contribution < -0.4 is 28.4 Å². The number of carbonyl (C=O) groups is 2. The zero-order valence-electron chi connectivity index (χ0n) is 20.7. The summed E-state index contributed by atoms with van der Waals surface area (Å²) in [5.74, 6) is 1.59. The lowest BCUT2D eigenvalue weighted by molar-refractivity contribution is 0.0733. The zero-order valence-corrected chi connectivity index (χ0v) is 20.7. The summed E-state index contributed by atoms with van der Waals surface area (Å²) in [6.07, 6.45) is 3.41. The van der Waals surface area contributed by atoms with Crippen LogP contribution in [0.1, 0.15) is 33.2 Å². The standard InChI is InChI=1S/C29H24O8/c1-16-18(11-17-7-5-6-8-22(17)35-16)12-24-27(30)21-10-9-20(15-23(21)37-24)36-29(31)19-13-25(32-2)28(34-4)26(14-19)33-3/h5-16H,1-4H3/b24-12-. The van der Waals surface area contributed by atoms with Crippen LogP contribution in [0.25, 0.3) is 6.08 Å². The lowest BCUT2D eigenvalue weighted by Crippen LogP contribution is -2.18. The average molecular weight is 501 g/mol. The van der Waals surface area contributed by atoms with Gasteiger partial charge in [0.15, 0.2) is 17.3 Å². The maximum atomic E-state index is 13.0. The summed E-state index contributed by atoms with van der Waals surface area (Å²) >= 11 is 0. The highest BCUT2D eigenvalue weighted by atomic mass is 16.5. The highest BCUT2D eigenvalue weighted by Crippen LogP contribution is 2.39. The molecular weight excluding hydrogens is 476 g/mol. The molecule has 8 nitrogen and oxygen atoms in total. The van der Waals surface area contributed by atoms with E-state index in [1.807, 2.05) is 37.3 Å². The van der Waals surface area contributed by atoms with Gasteiger partial charge in [-0.05, 0) is 55.0 Å². The van der Waals surface area contributed by atoms with Gasteiger partial charge in [-0.3, -0.25) is 4.79 Å². The van der Waals surface area contributed by atoms with Gasteiger partial charge in [0.1, 0.15) is 23.4 Å². The summed E-state index contributed by atoms with van der Waals surface area (Å²) in [5.41, 5.74) is 2.32. The lowest BCUT2D eigenvalue weighted by atomic mass is 10.0. The average Bonchev–Trinajstić information content (AvgIpc) is 3.22. The van der Waals surface area contributed by atoms with Gasteiger partial charge in [-0.2, -0.15) is 0 Å². The van der Waals surface area contributed by atoms with Gasteiger partial charge < -0.3 is 28.4 Å². The van der Waals surface area contributed by atoms with E-state index in [2.05, 4.69) is 0 Å². The van der Waals surface area contributed by atoms with Crippen molar-refractivity contribution in [1.29, 1.82) is 0 Å². The molecule has 1 unspecified atom stereocenters. The second-order valence-corrected chi connectivity index (χ2v) is 8.34. The molecule has 0 amide bonds. The van der Waals surface area contributed by atoms with Gasteiger partial charge in [0.25, 0.3) is 0 Å². The van der Waals surface area contributed by atoms with E-state index in [0.29, 0.717) is 28.6 Å². The summed E-state index contributed by atoms with van der Waals surface area (Å²) < 4.78 is 33.3. The third kappa shape index (κ3) is 4.49. The van der Waals surface area contributed by atoms with E-state index in [0.717, 1.165) is 16.9 Å². The SMILES string of the molecule is COc1cc(C(=O)Oc2ccc3c(c2)O/C(=C\C2=Cc4ccccc4OC2C)C3=O)cc(OC)c1OC. The molecule has 0 bridgehead atoms. The van der Waals surface area contributed by atoms with E-state index in [-0.39, 0.29) is 29.0 Å². The van der Waals surface area contributed by atoms with Crippen LogP contribution in [0.3, 0.4) is 0 Å². The normalized spacial score (nSPS) is 16.6. The molecule has 0 radical (unpaired) electrons. The van der Waals surface area contributed by atoms with Crippen LogP contribution in [0.5, 0.6) is 34.5 Å². The van der Waals surface area contributed by atoms with E-state index >= 15 is 0 Å². The number of esters is 1. The number of para-hydroxylation sites is 1. The first-order valence-corrected chi connectivity index (χ1v) is 11.5. The molecule has 2 aliphatic heterocycles. The van der Waals surface area contributed by atoms with Crippen molar-refractivity contribution in [1.82, 2.24) is 0 Å². The molecule has 0 saturated heterocycles. The number of allylic oxidation sites excluding steroid dienone is 1. The quantitative estimate of drug-likeness (QED) is 0.257. The zero-order chi connectivity index (χ0) is 26.1. The molecule has 37 heavy (non-hydrogen) atoms. The molecule has 3 aromatic carbocycles. The summed E-state index contributed by atoms with van der Waals surface area (Å²) in [6.45, 7) is 1.91. The minimum absolute atomic E-state index is 0.171. The maximum Gasteiger partial charge on any atom is 0.343 e. The molecule has 0 aromatic heterocycles. The first kappa shape index (κ1) is 24.0. The number of carbonyl (C=O) groups excluding carboxylic acids is 2. The van der Waals surface area contributed by atoms with Crippen LogP contribution in [0, 0.1) is 0 Å². The van der Waals surface area contributed by atoms with E-state index in [4.69, 9.17) is 28.4 Å². The van der Waals surface area contributed by atoms with Gasteiger partial charge in [-0.15, -0.1) is 0 Å². The number of ketones is 1. The number of benzene rings is 3. The van der Waals surface area contributed by atoms with Crippen LogP contribution in [-0.4, -0.2) is 39.2 Å². The van der Waals surface area contributed by atoms with Gasteiger partial charge in [0, 0.05) is 11.6 Å². The largest absolute Gasteiger partial charge is 0.493 e. The Balaban J connectivity index is 1.37. The van der Waals surface area contributed by atoms with E-state index in [1.54, 1.807) is 18.2 Å². The van der Waals surface area contributed by atoms with E-state index in [1.165, 1.54) is 39.5 Å². The van der Waals surface area contributed by atoms with Crippen LogP contribution >= 0.6 is 0 Å². The molecule has 5 rings (SSSR count). The fourth-order valence-corrected chi connectivity index (χ4v) is 4.17. The Labute approximate surface area is 213 Å². The lowest BCUT2D eigenvalue weighted by Gasteiger charge is -2.22. The van der Waals surface area contributed by atoms with E-state index in [9.17, 15) is 9.59 Å². The summed E-state index contributed by atoms with van der Waals surface area (Å²) in [4.78, 5) is 25.8. The van der Waals surface area contributed by atoms with Crippen molar-refractivity contribution < 1.29 is 38.0 Å². The van der Waals surface area contributed by atoms with Crippen LogP contribution in [0.4, 0.5) is 0 Å². The van der Waals surface area contributed by atoms with Gasteiger partial charge in [0.05, 0.1) is 32.5 Å². The van der Waals surface area contributed by atoms with Crippen molar-refractivity contribution in [2.45, 2.75) is 13.0 Å². The summed E-state index contributed by atoms with van der Waals surface area (Å²) in [6, 6.07) is 15.3. The second kappa shape index (κ2) is 9.73. The minimum Gasteiger partial charge on any atom is -0.493 e. The first-order valence-electron chi connectivity index (χ1n) is 11.5. The number of rotatable bonds is 6. The first-order chi connectivity index (χ1) is 17.9. The van der Waals surface area contributed by atoms with E-state index < -0.39 is 5.97 Å². The van der Waals surface area contributed by atoms with Crippen LogP contribution in [0.2, 0.25) is 0 Å². The molecule has 0 saturated carbocycles. The molecule has 0 fully saturated rings. The molecule has 8 heteroatoms. The number of hydrogen-bond acceptors (Lipinski definition) is 8. The number of fused-ring (bicyclic) bond motifs is 2. The fourth-order valence-electron chi connectivity index (χ4n) is 4.17. The number of ether oxygens (including phenoxy) is 6. The smallest absolute Gasteiger partial charge is 0.343 e. The third-order valence-corrected chi connectivity index (χ3v) is 6.06. The second-order valence-electron chi connectivity index (χ2n) is 8.34. The summed E-state index contributed by atoms with van der Waals surface area (Å²) in [5, 5.41) is 0. The third-order valence-electron chi connectivity index (χ3n) is 6.06. The van der Waals surface area contributed by atoms with Crippen molar-refractivity contribution in [3.63, 3.8) is 0 Å². The molecule has 0 spiro atoms. The Hall–Kier alpha value is -4.72. The maximum absolute atomic E-state index is 13.0. The van der Waals surface area contributed by atoms with Crippen LogP contribution in [0.15, 0.2) is 72.0 Å². The van der Waals surface area contributed by atoms with Crippen molar-refractivity contribution in [3.8, 4) is 34.5 Å².